The van der Waals surface area contributed by atoms with Gasteiger partial charge in [0.1, 0.15) is 0 Å². The van der Waals surface area contributed by atoms with Crippen LogP contribution in [0.25, 0.3) is 0 Å². The Morgan fingerprint density at radius 2 is 1.83 bits per heavy atom. The molecule has 0 bridgehead atoms. The Hall–Kier alpha value is -1.14. The van der Waals surface area contributed by atoms with E-state index in [2.05, 4.69) is 30.1 Å². The fraction of sp³-hybridized carbons (Fsp3) is 0.727. The Bertz CT molecular complexity index is 428. The van der Waals surface area contributed by atoms with Crippen molar-refractivity contribution in [1.29, 1.82) is 0 Å². The van der Waals surface area contributed by atoms with Crippen molar-refractivity contribution in [1.82, 2.24) is 19.9 Å². The zero-order chi connectivity index (χ0) is 12.5. The molecule has 0 amide bonds. The van der Waals surface area contributed by atoms with Crippen LogP contribution in [-0.4, -0.2) is 59.1 Å². The summed E-state index contributed by atoms with van der Waals surface area (Å²) < 4.78 is 0. The van der Waals surface area contributed by atoms with Gasteiger partial charge in [0, 0.05) is 39.3 Å². The third-order valence-electron chi connectivity index (χ3n) is 3.48. The highest BCUT2D eigenvalue weighted by Crippen LogP contribution is 2.28. The Balaban J connectivity index is 1.69. The normalized spacial score (nSPS) is 21.1. The zero-order valence-electron chi connectivity index (χ0n) is 10.4. The number of nitrogens with zero attached hydrogens (tertiary/aromatic N) is 5. The van der Waals surface area contributed by atoms with Gasteiger partial charge < -0.3 is 10.2 Å². The minimum Gasteiger partial charge on any atom is -0.357 e. The zero-order valence-corrected chi connectivity index (χ0v) is 11.2. The van der Waals surface area contributed by atoms with E-state index in [9.17, 15) is 0 Å². The molecule has 98 valence electrons. The predicted octanol–water partition coefficient (Wildman–Crippen LogP) is 0.851. The van der Waals surface area contributed by atoms with Crippen LogP contribution >= 0.6 is 11.6 Å². The molecule has 2 fully saturated rings. The molecule has 6 nitrogen and oxygen atoms in total. The minimum atomic E-state index is 0.244. The molecule has 2 aliphatic rings. The van der Waals surface area contributed by atoms with Crippen molar-refractivity contribution in [3.63, 3.8) is 0 Å². The minimum absolute atomic E-state index is 0.244. The summed E-state index contributed by atoms with van der Waals surface area (Å²) in [5, 5.41) is 3.14. The van der Waals surface area contributed by atoms with Crippen LogP contribution < -0.4 is 10.2 Å². The van der Waals surface area contributed by atoms with Crippen molar-refractivity contribution in [3.8, 4) is 0 Å². The molecule has 0 radical (unpaired) electrons. The standard InChI is InChI=1S/C11H17ClN6/c1-13-10-14-9(12)15-11(16-10)18-6-4-17(5-7-18)8-2-3-8/h8H,2-7H2,1H3,(H,13,14,15,16). The number of anilines is 2. The molecule has 1 saturated carbocycles. The lowest BCUT2D eigenvalue weighted by atomic mass is 10.3. The highest BCUT2D eigenvalue weighted by molar-refractivity contribution is 6.28. The lowest BCUT2D eigenvalue weighted by Crippen LogP contribution is -2.47. The van der Waals surface area contributed by atoms with Gasteiger partial charge in [-0.05, 0) is 24.4 Å². The Kier molecular flexibility index (Phi) is 3.22. The first-order valence-corrected chi connectivity index (χ1v) is 6.72. The lowest BCUT2D eigenvalue weighted by molar-refractivity contribution is 0.247. The van der Waals surface area contributed by atoms with Gasteiger partial charge >= 0.3 is 0 Å². The van der Waals surface area contributed by atoms with Crippen molar-refractivity contribution in [2.45, 2.75) is 18.9 Å². The molecule has 1 aromatic rings. The van der Waals surface area contributed by atoms with Crippen molar-refractivity contribution >= 4 is 23.5 Å². The average Bonchev–Trinajstić information content (AvgIpc) is 3.22. The maximum absolute atomic E-state index is 5.90. The first-order chi connectivity index (χ1) is 8.76. The monoisotopic (exact) mass is 268 g/mol. The second-order valence-electron chi connectivity index (χ2n) is 4.73. The fourth-order valence-electron chi connectivity index (χ4n) is 2.32. The molecular weight excluding hydrogens is 252 g/mol. The molecule has 1 aromatic heterocycles. The summed E-state index contributed by atoms with van der Waals surface area (Å²) in [5.74, 6) is 1.20. The van der Waals surface area contributed by atoms with Gasteiger partial charge in [-0.2, -0.15) is 15.0 Å². The van der Waals surface area contributed by atoms with Crippen LogP contribution in [0.2, 0.25) is 5.28 Å². The molecule has 0 spiro atoms. The van der Waals surface area contributed by atoms with Crippen LogP contribution in [0.1, 0.15) is 12.8 Å². The average molecular weight is 269 g/mol. The summed E-state index contributed by atoms with van der Waals surface area (Å²) in [7, 11) is 1.78. The van der Waals surface area contributed by atoms with Gasteiger partial charge in [0.2, 0.25) is 17.2 Å². The van der Waals surface area contributed by atoms with E-state index in [1.54, 1.807) is 7.05 Å². The van der Waals surface area contributed by atoms with E-state index in [4.69, 9.17) is 11.6 Å². The second-order valence-corrected chi connectivity index (χ2v) is 5.07. The van der Waals surface area contributed by atoms with Crippen molar-refractivity contribution < 1.29 is 0 Å². The molecule has 1 aliphatic carbocycles. The van der Waals surface area contributed by atoms with E-state index in [1.807, 2.05) is 0 Å². The van der Waals surface area contributed by atoms with Gasteiger partial charge in [0.05, 0.1) is 0 Å². The topological polar surface area (TPSA) is 57.2 Å². The van der Waals surface area contributed by atoms with E-state index < -0.39 is 0 Å². The fourth-order valence-corrected chi connectivity index (χ4v) is 2.48. The van der Waals surface area contributed by atoms with Crippen LogP contribution in [0.3, 0.4) is 0 Å². The van der Waals surface area contributed by atoms with E-state index in [1.165, 1.54) is 12.8 Å². The molecule has 2 heterocycles. The summed E-state index contributed by atoms with van der Waals surface area (Å²) in [6, 6.07) is 0.835. The van der Waals surface area contributed by atoms with Gasteiger partial charge in [-0.3, -0.25) is 4.90 Å². The number of piperazine rings is 1. The number of halogens is 1. The SMILES string of the molecule is CNc1nc(Cl)nc(N2CCN(C3CC3)CC2)n1. The van der Waals surface area contributed by atoms with Crippen molar-refractivity contribution in [2.24, 2.45) is 0 Å². The summed E-state index contributed by atoms with van der Waals surface area (Å²) in [6.45, 7) is 4.09. The second kappa shape index (κ2) is 4.85. The maximum Gasteiger partial charge on any atom is 0.231 e. The Labute approximate surface area is 111 Å². The molecule has 3 rings (SSSR count). The van der Waals surface area contributed by atoms with E-state index in [0.29, 0.717) is 11.9 Å². The quantitative estimate of drug-likeness (QED) is 0.877. The first-order valence-electron chi connectivity index (χ1n) is 6.34. The molecule has 0 atom stereocenters. The van der Waals surface area contributed by atoms with Gasteiger partial charge in [-0.25, -0.2) is 0 Å². The molecular formula is C11H17ClN6. The molecule has 0 unspecified atom stereocenters. The summed E-state index contributed by atoms with van der Waals surface area (Å²) in [4.78, 5) is 17.3. The van der Waals surface area contributed by atoms with Crippen molar-refractivity contribution in [3.05, 3.63) is 5.28 Å². The third kappa shape index (κ3) is 2.49. The van der Waals surface area contributed by atoms with Crippen LogP contribution in [0.5, 0.6) is 0 Å². The number of aromatic nitrogens is 3. The summed E-state index contributed by atoms with van der Waals surface area (Å²) >= 11 is 5.90. The molecule has 1 aliphatic heterocycles. The number of hydrogen-bond acceptors (Lipinski definition) is 6. The first kappa shape index (κ1) is 11.9. The van der Waals surface area contributed by atoms with Gasteiger partial charge in [0.25, 0.3) is 0 Å². The highest BCUT2D eigenvalue weighted by Gasteiger charge is 2.31. The third-order valence-corrected chi connectivity index (χ3v) is 3.65. The van der Waals surface area contributed by atoms with Crippen LogP contribution in [0, 0.1) is 0 Å². The largest absolute Gasteiger partial charge is 0.357 e. The Morgan fingerprint density at radius 3 is 2.44 bits per heavy atom. The molecule has 0 aromatic carbocycles. The van der Waals surface area contributed by atoms with Crippen molar-refractivity contribution in [2.75, 3.05) is 43.4 Å². The van der Waals surface area contributed by atoms with Crippen LogP contribution in [-0.2, 0) is 0 Å². The number of nitrogens with one attached hydrogen (secondary N) is 1. The molecule has 1 saturated heterocycles. The number of hydrogen-bond donors (Lipinski definition) is 1. The predicted molar refractivity (Wildman–Crippen MR) is 71.2 cm³/mol. The summed E-state index contributed by atoms with van der Waals surface area (Å²) in [5.41, 5.74) is 0. The highest BCUT2D eigenvalue weighted by atomic mass is 35.5. The smallest absolute Gasteiger partial charge is 0.231 e. The van der Waals surface area contributed by atoms with E-state index >= 15 is 0 Å². The van der Waals surface area contributed by atoms with Crippen LogP contribution in [0.4, 0.5) is 11.9 Å². The van der Waals surface area contributed by atoms with E-state index in [0.717, 1.165) is 32.2 Å². The maximum atomic E-state index is 5.90. The summed E-state index contributed by atoms with van der Waals surface area (Å²) in [6.07, 6.45) is 2.73. The Morgan fingerprint density at radius 1 is 1.11 bits per heavy atom. The van der Waals surface area contributed by atoms with Gasteiger partial charge in [0.15, 0.2) is 0 Å². The van der Waals surface area contributed by atoms with Gasteiger partial charge in [-0.1, -0.05) is 0 Å². The van der Waals surface area contributed by atoms with E-state index in [-0.39, 0.29) is 5.28 Å². The number of rotatable bonds is 3. The molecule has 1 N–H and O–H groups in total. The lowest BCUT2D eigenvalue weighted by Gasteiger charge is -2.34. The molecule has 18 heavy (non-hydrogen) atoms. The molecule has 7 heteroatoms. The van der Waals surface area contributed by atoms with Crippen LogP contribution in [0.15, 0.2) is 0 Å². The van der Waals surface area contributed by atoms with Gasteiger partial charge in [-0.15, -0.1) is 0 Å².